The van der Waals surface area contributed by atoms with Crippen molar-refractivity contribution in [3.63, 3.8) is 0 Å². The Morgan fingerprint density at radius 3 is 2.70 bits per heavy atom. The molecule has 0 radical (unpaired) electrons. The van der Waals surface area contributed by atoms with Gasteiger partial charge in [0.1, 0.15) is 0 Å². The van der Waals surface area contributed by atoms with Crippen LogP contribution in [0.25, 0.3) is 6.08 Å². The minimum Gasteiger partial charge on any atom is -0.504 e. The van der Waals surface area contributed by atoms with Gasteiger partial charge in [0.15, 0.2) is 11.5 Å². The maximum Gasteiger partial charge on any atom is 0.293 e. The number of ether oxygens (including phenoxy) is 1. The van der Waals surface area contributed by atoms with Gasteiger partial charge < -0.3 is 9.84 Å². The van der Waals surface area contributed by atoms with E-state index in [9.17, 15) is 14.7 Å². The monoisotopic (exact) mass is 405 g/mol. The molecule has 5 nitrogen and oxygen atoms in total. The highest BCUT2D eigenvalue weighted by molar-refractivity contribution is 14.1. The lowest BCUT2D eigenvalue weighted by atomic mass is 10.2. The van der Waals surface area contributed by atoms with Gasteiger partial charge in [-0.05, 0) is 65.0 Å². The molecule has 1 aliphatic heterocycles. The number of thioether (sulfide) groups is 1. The molecule has 2 rings (SSSR count). The number of phenolic OH excluding ortho intramolecular Hbond substituents is 1. The molecular formula is C13H12INO4S. The van der Waals surface area contributed by atoms with Gasteiger partial charge >= 0.3 is 0 Å². The summed E-state index contributed by atoms with van der Waals surface area (Å²) in [4.78, 5) is 25.2. The van der Waals surface area contributed by atoms with E-state index in [1.807, 2.05) is 22.6 Å². The third-order valence-electron chi connectivity index (χ3n) is 2.76. The molecule has 1 aromatic carbocycles. The minimum absolute atomic E-state index is 0.0620. The van der Waals surface area contributed by atoms with Crippen molar-refractivity contribution in [3.8, 4) is 11.5 Å². The van der Waals surface area contributed by atoms with Gasteiger partial charge in [0, 0.05) is 6.54 Å². The number of hydrogen-bond donors (Lipinski definition) is 1. The number of imide groups is 1. The second-order valence-corrected chi connectivity index (χ2v) is 6.13. The third kappa shape index (κ3) is 2.78. The fourth-order valence-corrected chi connectivity index (χ4v) is 3.28. The maximum atomic E-state index is 12.0. The number of benzene rings is 1. The standard InChI is InChI=1S/C13H12INO4S/c1-3-15-12(17)10(20-13(15)18)6-7-4-8(14)11(16)9(5-7)19-2/h4-6,16H,3H2,1-2H3/b10-6+. The highest BCUT2D eigenvalue weighted by Crippen LogP contribution is 2.36. The molecule has 7 heteroatoms. The number of nitrogens with zero attached hydrogens (tertiary/aromatic N) is 1. The second-order valence-electron chi connectivity index (χ2n) is 3.98. The van der Waals surface area contributed by atoms with Crippen LogP contribution in [0.2, 0.25) is 0 Å². The molecule has 1 saturated heterocycles. The molecule has 0 saturated carbocycles. The Kier molecular flexibility index (Phi) is 4.59. The summed E-state index contributed by atoms with van der Waals surface area (Å²) in [6.45, 7) is 2.12. The molecule has 20 heavy (non-hydrogen) atoms. The molecule has 1 aliphatic rings. The predicted octanol–water partition coefficient (Wildman–Crippen LogP) is 3.06. The summed E-state index contributed by atoms with van der Waals surface area (Å²) in [5.74, 6) is 0.106. The van der Waals surface area contributed by atoms with E-state index in [1.54, 1.807) is 25.1 Å². The lowest BCUT2D eigenvalue weighted by Crippen LogP contribution is -2.27. The molecular weight excluding hydrogens is 393 g/mol. The highest BCUT2D eigenvalue weighted by Gasteiger charge is 2.33. The molecule has 1 N–H and O–H groups in total. The van der Waals surface area contributed by atoms with Gasteiger partial charge in [0.25, 0.3) is 11.1 Å². The van der Waals surface area contributed by atoms with Crippen molar-refractivity contribution in [2.24, 2.45) is 0 Å². The molecule has 0 unspecified atom stereocenters. The van der Waals surface area contributed by atoms with E-state index in [1.165, 1.54) is 12.0 Å². The lowest BCUT2D eigenvalue weighted by molar-refractivity contribution is -0.122. The van der Waals surface area contributed by atoms with Crippen LogP contribution in [0.4, 0.5) is 4.79 Å². The Bertz CT molecular complexity index is 615. The van der Waals surface area contributed by atoms with Gasteiger partial charge in [0.2, 0.25) is 0 Å². The number of methoxy groups -OCH3 is 1. The molecule has 0 aliphatic carbocycles. The lowest BCUT2D eigenvalue weighted by Gasteiger charge is -2.08. The van der Waals surface area contributed by atoms with Gasteiger partial charge in [-0.1, -0.05) is 0 Å². The average Bonchev–Trinajstić information content (AvgIpc) is 2.68. The summed E-state index contributed by atoms with van der Waals surface area (Å²) < 4.78 is 5.68. The average molecular weight is 405 g/mol. The van der Waals surface area contributed by atoms with Crippen LogP contribution in [0, 0.1) is 3.57 Å². The quantitative estimate of drug-likeness (QED) is 0.619. The summed E-state index contributed by atoms with van der Waals surface area (Å²) in [7, 11) is 1.46. The van der Waals surface area contributed by atoms with Crippen LogP contribution in [-0.4, -0.2) is 34.8 Å². The van der Waals surface area contributed by atoms with Gasteiger partial charge in [-0.25, -0.2) is 0 Å². The Morgan fingerprint density at radius 1 is 1.45 bits per heavy atom. The van der Waals surface area contributed by atoms with Gasteiger partial charge in [-0.15, -0.1) is 0 Å². The third-order valence-corrected chi connectivity index (χ3v) is 4.49. The smallest absolute Gasteiger partial charge is 0.293 e. The van der Waals surface area contributed by atoms with Crippen LogP contribution >= 0.6 is 34.4 Å². The Balaban J connectivity index is 2.39. The molecule has 106 valence electrons. The van der Waals surface area contributed by atoms with E-state index >= 15 is 0 Å². The van der Waals surface area contributed by atoms with Gasteiger partial charge in [-0.3, -0.25) is 14.5 Å². The number of rotatable bonds is 3. The fraction of sp³-hybridized carbons (Fsp3) is 0.231. The number of phenols is 1. The number of carbonyl (C=O) groups is 2. The summed E-state index contributed by atoms with van der Waals surface area (Å²) in [6, 6.07) is 3.34. The molecule has 1 fully saturated rings. The first kappa shape index (κ1) is 15.2. The largest absolute Gasteiger partial charge is 0.504 e. The molecule has 0 atom stereocenters. The molecule has 0 aromatic heterocycles. The van der Waals surface area contributed by atoms with E-state index in [0.717, 1.165) is 11.8 Å². The normalized spacial score (nSPS) is 17.1. The number of halogens is 1. The summed E-state index contributed by atoms with van der Waals surface area (Å²) in [6.07, 6.45) is 1.63. The molecule has 1 heterocycles. The number of hydrogen-bond acceptors (Lipinski definition) is 5. The molecule has 2 amide bonds. The van der Waals surface area contributed by atoms with Crippen molar-refractivity contribution >= 4 is 51.6 Å². The highest BCUT2D eigenvalue weighted by atomic mass is 127. The number of likely N-dealkylation sites (N-methyl/N-ethyl adjacent to an activating group) is 1. The van der Waals surface area contributed by atoms with E-state index in [4.69, 9.17) is 4.74 Å². The van der Waals surface area contributed by atoms with Crippen LogP contribution in [-0.2, 0) is 4.79 Å². The van der Waals surface area contributed by atoms with E-state index < -0.39 is 0 Å². The van der Waals surface area contributed by atoms with Gasteiger partial charge in [-0.2, -0.15) is 0 Å². The number of amides is 2. The predicted molar refractivity (Wildman–Crippen MR) is 85.7 cm³/mol. The fourth-order valence-electron chi connectivity index (χ4n) is 1.76. The van der Waals surface area contributed by atoms with Crippen LogP contribution in [0.1, 0.15) is 12.5 Å². The Labute approximate surface area is 134 Å². The van der Waals surface area contributed by atoms with Crippen molar-refractivity contribution in [1.29, 1.82) is 0 Å². The topological polar surface area (TPSA) is 66.8 Å². The zero-order valence-electron chi connectivity index (χ0n) is 10.8. The Morgan fingerprint density at radius 2 is 2.15 bits per heavy atom. The van der Waals surface area contributed by atoms with Crippen LogP contribution in [0.3, 0.4) is 0 Å². The maximum absolute atomic E-state index is 12.0. The minimum atomic E-state index is -0.287. The van der Waals surface area contributed by atoms with Gasteiger partial charge in [0.05, 0.1) is 15.6 Å². The van der Waals surface area contributed by atoms with Crippen molar-refractivity contribution in [2.45, 2.75) is 6.92 Å². The SMILES string of the molecule is CCN1C(=O)S/C(=C/c2cc(I)c(O)c(OC)c2)C1=O. The first-order valence-electron chi connectivity index (χ1n) is 5.79. The zero-order chi connectivity index (χ0) is 14.9. The summed E-state index contributed by atoms with van der Waals surface area (Å²) in [5.41, 5.74) is 0.700. The summed E-state index contributed by atoms with van der Waals surface area (Å²) in [5, 5.41) is 9.51. The molecule has 0 bridgehead atoms. The molecule has 0 spiro atoms. The van der Waals surface area contributed by atoms with Crippen molar-refractivity contribution in [2.75, 3.05) is 13.7 Å². The number of carbonyl (C=O) groups excluding carboxylic acids is 2. The second kappa shape index (κ2) is 6.04. The Hall–Kier alpha value is -1.22. The van der Waals surface area contributed by atoms with Crippen LogP contribution in [0.5, 0.6) is 11.5 Å². The van der Waals surface area contributed by atoms with E-state index in [2.05, 4.69) is 0 Å². The summed E-state index contributed by atoms with van der Waals surface area (Å²) >= 11 is 2.90. The van der Waals surface area contributed by atoms with Crippen LogP contribution in [0.15, 0.2) is 17.0 Å². The van der Waals surface area contributed by atoms with E-state index in [0.29, 0.717) is 26.3 Å². The van der Waals surface area contributed by atoms with E-state index in [-0.39, 0.29) is 16.9 Å². The zero-order valence-corrected chi connectivity index (χ0v) is 13.8. The van der Waals surface area contributed by atoms with Crippen molar-refractivity contribution in [1.82, 2.24) is 4.90 Å². The van der Waals surface area contributed by atoms with Crippen molar-refractivity contribution < 1.29 is 19.4 Å². The number of aromatic hydroxyl groups is 1. The molecule has 1 aromatic rings. The van der Waals surface area contributed by atoms with Crippen molar-refractivity contribution in [3.05, 3.63) is 26.2 Å². The van der Waals surface area contributed by atoms with Crippen LogP contribution < -0.4 is 4.74 Å². The first-order valence-corrected chi connectivity index (χ1v) is 7.69. The first-order chi connectivity index (χ1) is 9.47.